The van der Waals surface area contributed by atoms with Crippen molar-refractivity contribution in [1.82, 2.24) is 0 Å². The smallest absolute Gasteiger partial charge is 0.119 e. The molecule has 0 fully saturated rings. The summed E-state index contributed by atoms with van der Waals surface area (Å²) in [5.74, 6) is 0.926. The molecular formula is C32H28O. The number of fused-ring (bicyclic) bond motifs is 1. The fraction of sp³-hybridized carbons (Fsp3) is 0.188. The third-order valence-corrected chi connectivity index (χ3v) is 6.90. The van der Waals surface area contributed by atoms with Crippen molar-refractivity contribution < 1.29 is 4.74 Å². The van der Waals surface area contributed by atoms with Gasteiger partial charge in [0.2, 0.25) is 0 Å². The molecule has 0 aliphatic heterocycles. The second-order valence-electron chi connectivity index (χ2n) is 10.1. The Kier molecular flexibility index (Phi) is 4.39. The molecule has 0 spiro atoms. The van der Waals surface area contributed by atoms with Gasteiger partial charge in [-0.3, -0.25) is 0 Å². The Morgan fingerprint density at radius 1 is 0.606 bits per heavy atom. The molecule has 0 saturated carbocycles. The van der Waals surface area contributed by atoms with Gasteiger partial charge in [0.05, 0.1) is 6.61 Å². The lowest BCUT2D eigenvalue weighted by Crippen LogP contribution is -2.10. The summed E-state index contributed by atoms with van der Waals surface area (Å²) in [6.45, 7) is 9.56. The van der Waals surface area contributed by atoms with Crippen LogP contribution in [0.5, 0.6) is 5.75 Å². The van der Waals surface area contributed by atoms with Crippen molar-refractivity contribution in [3.05, 3.63) is 90.5 Å². The van der Waals surface area contributed by atoms with Crippen LogP contribution < -0.4 is 4.74 Å². The normalized spacial score (nSPS) is 12.4. The van der Waals surface area contributed by atoms with E-state index < -0.39 is 0 Å². The minimum Gasteiger partial charge on any atom is -0.494 e. The predicted molar refractivity (Wildman–Crippen MR) is 143 cm³/mol. The lowest BCUT2D eigenvalue weighted by molar-refractivity contribution is 0.341. The van der Waals surface area contributed by atoms with E-state index in [1.54, 1.807) is 0 Å². The largest absolute Gasteiger partial charge is 0.494 e. The minimum atomic E-state index is 0.128. The quantitative estimate of drug-likeness (QED) is 0.255. The molecule has 0 unspecified atom stereocenters. The molecule has 33 heavy (non-hydrogen) atoms. The number of benzene rings is 6. The highest BCUT2D eigenvalue weighted by Gasteiger charge is 2.18. The van der Waals surface area contributed by atoms with E-state index in [2.05, 4.69) is 106 Å². The standard InChI is InChI=1S/C32H28O/c1-5-33-27-13-10-21-16-23(8-7-22(21)19-27)28-14-11-20-6-9-24-17-26(32(2,3)4)18-25-12-15-29(28)31(20)30(24)25/h6-19H,5H2,1-4H3. The van der Waals surface area contributed by atoms with Crippen LogP contribution in [0, 0.1) is 0 Å². The average molecular weight is 429 g/mol. The lowest BCUT2D eigenvalue weighted by Gasteiger charge is -2.22. The Morgan fingerprint density at radius 2 is 1.24 bits per heavy atom. The van der Waals surface area contributed by atoms with Crippen molar-refractivity contribution in [2.75, 3.05) is 6.61 Å². The molecule has 6 aromatic carbocycles. The molecule has 162 valence electrons. The molecule has 1 nitrogen and oxygen atoms in total. The molecule has 0 N–H and O–H groups in total. The molecule has 0 aliphatic carbocycles. The first-order chi connectivity index (χ1) is 15.9. The topological polar surface area (TPSA) is 9.23 Å². The van der Waals surface area contributed by atoms with E-state index in [1.807, 2.05) is 6.92 Å². The van der Waals surface area contributed by atoms with Crippen LogP contribution in [0.25, 0.3) is 54.2 Å². The van der Waals surface area contributed by atoms with Gasteiger partial charge in [-0.2, -0.15) is 0 Å². The zero-order valence-corrected chi connectivity index (χ0v) is 19.7. The molecular weight excluding hydrogens is 400 g/mol. The van der Waals surface area contributed by atoms with Crippen LogP contribution >= 0.6 is 0 Å². The van der Waals surface area contributed by atoms with E-state index in [4.69, 9.17) is 4.74 Å². The summed E-state index contributed by atoms with van der Waals surface area (Å²) < 4.78 is 5.68. The third-order valence-electron chi connectivity index (χ3n) is 6.90. The number of hydrogen-bond donors (Lipinski definition) is 0. The van der Waals surface area contributed by atoms with Crippen LogP contribution in [0.2, 0.25) is 0 Å². The van der Waals surface area contributed by atoms with Crippen molar-refractivity contribution in [3.8, 4) is 16.9 Å². The molecule has 6 rings (SSSR count). The van der Waals surface area contributed by atoms with E-state index in [0.717, 1.165) is 5.75 Å². The SMILES string of the molecule is CCOc1ccc2cc(-c3ccc4ccc5cc(C(C)(C)C)cc6ccc3c4c56)ccc2c1. The van der Waals surface area contributed by atoms with Crippen LogP contribution in [-0.4, -0.2) is 6.61 Å². The average Bonchev–Trinajstić information content (AvgIpc) is 2.81. The number of rotatable bonds is 3. The third kappa shape index (κ3) is 3.23. The maximum atomic E-state index is 5.68. The Hall–Kier alpha value is -3.58. The van der Waals surface area contributed by atoms with Gasteiger partial charge >= 0.3 is 0 Å². The van der Waals surface area contributed by atoms with Gasteiger partial charge < -0.3 is 4.74 Å². The Labute approximate surface area is 194 Å². The highest BCUT2D eigenvalue weighted by molar-refractivity contribution is 6.25. The van der Waals surface area contributed by atoms with Crippen LogP contribution in [0.1, 0.15) is 33.3 Å². The van der Waals surface area contributed by atoms with E-state index in [-0.39, 0.29) is 5.41 Å². The summed E-state index contributed by atoms with van der Waals surface area (Å²) in [6, 6.07) is 31.6. The first-order valence-electron chi connectivity index (χ1n) is 11.8. The van der Waals surface area contributed by atoms with Crippen LogP contribution in [0.4, 0.5) is 0 Å². The van der Waals surface area contributed by atoms with E-state index in [9.17, 15) is 0 Å². The summed E-state index contributed by atoms with van der Waals surface area (Å²) >= 11 is 0. The van der Waals surface area contributed by atoms with Crippen molar-refractivity contribution >= 4 is 43.1 Å². The van der Waals surface area contributed by atoms with Crippen molar-refractivity contribution in [1.29, 1.82) is 0 Å². The molecule has 1 heteroatoms. The number of hydrogen-bond acceptors (Lipinski definition) is 1. The van der Waals surface area contributed by atoms with Gasteiger partial charge in [-0.15, -0.1) is 0 Å². The Morgan fingerprint density at radius 3 is 2.00 bits per heavy atom. The summed E-state index contributed by atoms with van der Waals surface area (Å²) in [5, 5.41) is 10.5. The molecule has 0 heterocycles. The predicted octanol–water partition coefficient (Wildman–Crippen LogP) is 9.10. The lowest BCUT2D eigenvalue weighted by atomic mass is 9.82. The summed E-state index contributed by atoms with van der Waals surface area (Å²) in [4.78, 5) is 0. The van der Waals surface area contributed by atoms with E-state index in [0.29, 0.717) is 6.61 Å². The molecule has 0 aromatic heterocycles. The summed E-state index contributed by atoms with van der Waals surface area (Å²) in [5.41, 5.74) is 4.05. The fourth-order valence-electron chi connectivity index (χ4n) is 5.15. The molecule has 0 radical (unpaired) electrons. The monoisotopic (exact) mass is 428 g/mol. The zero-order valence-electron chi connectivity index (χ0n) is 19.7. The van der Waals surface area contributed by atoms with Crippen molar-refractivity contribution in [3.63, 3.8) is 0 Å². The molecule has 0 aliphatic rings. The van der Waals surface area contributed by atoms with Gasteiger partial charge in [0.25, 0.3) is 0 Å². The van der Waals surface area contributed by atoms with Gasteiger partial charge in [-0.05, 0) is 90.3 Å². The first-order valence-corrected chi connectivity index (χ1v) is 11.8. The van der Waals surface area contributed by atoms with Gasteiger partial charge in [0.1, 0.15) is 5.75 Å². The van der Waals surface area contributed by atoms with Crippen molar-refractivity contribution in [2.24, 2.45) is 0 Å². The van der Waals surface area contributed by atoms with Crippen LogP contribution in [-0.2, 0) is 5.41 Å². The fourth-order valence-corrected chi connectivity index (χ4v) is 5.15. The molecule has 6 aromatic rings. The molecule has 0 amide bonds. The van der Waals surface area contributed by atoms with Crippen molar-refractivity contribution in [2.45, 2.75) is 33.1 Å². The van der Waals surface area contributed by atoms with Gasteiger partial charge in [0.15, 0.2) is 0 Å². The van der Waals surface area contributed by atoms with E-state index in [1.165, 1.54) is 59.8 Å². The number of ether oxygens (including phenoxy) is 1. The van der Waals surface area contributed by atoms with Crippen LogP contribution in [0.3, 0.4) is 0 Å². The van der Waals surface area contributed by atoms with Gasteiger partial charge in [0, 0.05) is 0 Å². The minimum absolute atomic E-state index is 0.128. The summed E-state index contributed by atoms with van der Waals surface area (Å²) in [6.07, 6.45) is 0. The van der Waals surface area contributed by atoms with E-state index >= 15 is 0 Å². The second kappa shape index (κ2) is 7.22. The van der Waals surface area contributed by atoms with Gasteiger partial charge in [-0.1, -0.05) is 87.5 Å². The summed E-state index contributed by atoms with van der Waals surface area (Å²) in [7, 11) is 0. The highest BCUT2D eigenvalue weighted by atomic mass is 16.5. The Bertz CT molecular complexity index is 1630. The maximum Gasteiger partial charge on any atom is 0.119 e. The Balaban J connectivity index is 1.59. The van der Waals surface area contributed by atoms with Crippen LogP contribution in [0.15, 0.2) is 84.9 Å². The first kappa shape index (κ1) is 20.1. The zero-order chi connectivity index (χ0) is 22.7. The molecule has 0 bridgehead atoms. The highest BCUT2D eigenvalue weighted by Crippen LogP contribution is 2.41. The maximum absolute atomic E-state index is 5.68. The molecule has 0 atom stereocenters. The molecule has 0 saturated heterocycles. The van der Waals surface area contributed by atoms with Gasteiger partial charge in [-0.25, -0.2) is 0 Å². The second-order valence-corrected chi connectivity index (χ2v) is 10.1.